The molecular formula is C31H27ClN2O5S. The molecule has 204 valence electrons. The minimum absolute atomic E-state index is 0.0549. The Morgan fingerprint density at radius 1 is 0.825 bits per heavy atom. The lowest BCUT2D eigenvalue weighted by atomic mass is 10.1. The van der Waals surface area contributed by atoms with E-state index in [-0.39, 0.29) is 17.2 Å². The number of aryl methyl sites for hydroxylation is 2. The number of hydrogen-bond donors (Lipinski definition) is 1. The third-order valence-corrected chi connectivity index (χ3v) is 8.32. The number of halogens is 1. The summed E-state index contributed by atoms with van der Waals surface area (Å²) in [4.78, 5) is 13.2. The first kappa shape index (κ1) is 27.3. The summed E-state index contributed by atoms with van der Waals surface area (Å²) in [6.07, 6.45) is 0. The third kappa shape index (κ3) is 5.98. The Hall–Kier alpha value is -4.27. The van der Waals surface area contributed by atoms with Crippen molar-refractivity contribution >= 4 is 38.4 Å². The summed E-state index contributed by atoms with van der Waals surface area (Å²) in [5.41, 5.74) is 2.82. The lowest BCUT2D eigenvalue weighted by Gasteiger charge is -2.14. The van der Waals surface area contributed by atoms with Gasteiger partial charge in [-0.05, 0) is 85.6 Å². The molecule has 4 aromatic carbocycles. The van der Waals surface area contributed by atoms with Crippen molar-refractivity contribution in [3.05, 3.63) is 119 Å². The van der Waals surface area contributed by atoms with Crippen LogP contribution in [0.5, 0.6) is 17.2 Å². The number of para-hydroxylation sites is 2. The molecule has 5 aromatic rings. The number of ether oxygens (including phenoxy) is 2. The van der Waals surface area contributed by atoms with Gasteiger partial charge in [-0.15, -0.1) is 0 Å². The van der Waals surface area contributed by atoms with Gasteiger partial charge in [0, 0.05) is 15.9 Å². The SMILES string of the molecule is Cc1cc(OCCn2c(C(=O)NS(=O)(=O)c3ccc(Oc4ccccc4)cc3)cc3ccccc32)cc(C)c1Cl. The molecule has 9 heteroatoms. The highest BCUT2D eigenvalue weighted by atomic mass is 35.5. The molecule has 1 N–H and O–H groups in total. The molecular weight excluding hydrogens is 548 g/mol. The van der Waals surface area contributed by atoms with E-state index in [0.29, 0.717) is 28.8 Å². The zero-order valence-electron chi connectivity index (χ0n) is 21.9. The molecule has 0 fully saturated rings. The van der Waals surface area contributed by atoms with Crippen molar-refractivity contribution < 1.29 is 22.7 Å². The Balaban J connectivity index is 1.33. The predicted molar refractivity (Wildman–Crippen MR) is 156 cm³/mol. The molecule has 1 amide bonds. The molecule has 40 heavy (non-hydrogen) atoms. The number of benzene rings is 4. The van der Waals surface area contributed by atoms with Crippen LogP contribution in [0.25, 0.3) is 10.9 Å². The Kier molecular flexibility index (Phi) is 7.82. The van der Waals surface area contributed by atoms with Crippen LogP contribution in [0.1, 0.15) is 21.6 Å². The highest BCUT2D eigenvalue weighted by Crippen LogP contribution is 2.27. The number of aromatic nitrogens is 1. The Bertz CT molecular complexity index is 1760. The summed E-state index contributed by atoms with van der Waals surface area (Å²) in [5, 5.41) is 1.51. The number of sulfonamides is 1. The van der Waals surface area contributed by atoms with Gasteiger partial charge in [-0.2, -0.15) is 0 Å². The first-order valence-electron chi connectivity index (χ1n) is 12.6. The summed E-state index contributed by atoms with van der Waals surface area (Å²) in [7, 11) is -4.14. The summed E-state index contributed by atoms with van der Waals surface area (Å²) in [5.74, 6) is 1.04. The maximum Gasteiger partial charge on any atom is 0.281 e. The fraction of sp³-hybridized carbons (Fsp3) is 0.129. The molecule has 0 spiro atoms. The minimum atomic E-state index is -4.14. The molecule has 0 atom stereocenters. The first-order chi connectivity index (χ1) is 19.2. The molecule has 0 saturated carbocycles. The van der Waals surface area contributed by atoms with Gasteiger partial charge in [-0.1, -0.05) is 48.0 Å². The van der Waals surface area contributed by atoms with E-state index in [1.807, 2.05) is 68.4 Å². The van der Waals surface area contributed by atoms with Crippen LogP contribution in [0.3, 0.4) is 0 Å². The van der Waals surface area contributed by atoms with Gasteiger partial charge in [0.2, 0.25) is 0 Å². The van der Waals surface area contributed by atoms with Gasteiger partial charge >= 0.3 is 0 Å². The van der Waals surface area contributed by atoms with Crippen LogP contribution >= 0.6 is 11.6 Å². The summed E-state index contributed by atoms with van der Waals surface area (Å²) < 4.78 is 41.8. The molecule has 0 aliphatic rings. The monoisotopic (exact) mass is 574 g/mol. The fourth-order valence-corrected chi connectivity index (χ4v) is 5.50. The predicted octanol–water partition coefficient (Wildman–Crippen LogP) is 6.90. The van der Waals surface area contributed by atoms with E-state index < -0.39 is 15.9 Å². The molecule has 0 aliphatic carbocycles. The molecule has 0 saturated heterocycles. The maximum absolute atomic E-state index is 13.3. The van der Waals surface area contributed by atoms with Gasteiger partial charge in [0.1, 0.15) is 29.5 Å². The Labute approximate surface area is 238 Å². The van der Waals surface area contributed by atoms with Crippen LogP contribution in [-0.2, 0) is 16.6 Å². The lowest BCUT2D eigenvalue weighted by Crippen LogP contribution is -2.32. The highest BCUT2D eigenvalue weighted by molar-refractivity contribution is 7.90. The van der Waals surface area contributed by atoms with Crippen molar-refractivity contribution in [2.75, 3.05) is 6.61 Å². The number of hydrogen-bond acceptors (Lipinski definition) is 5. The van der Waals surface area contributed by atoms with Gasteiger partial charge < -0.3 is 14.0 Å². The molecule has 0 aliphatic heterocycles. The second kappa shape index (κ2) is 11.5. The van der Waals surface area contributed by atoms with Crippen LogP contribution in [0.2, 0.25) is 5.02 Å². The van der Waals surface area contributed by atoms with Crippen LogP contribution in [0.4, 0.5) is 0 Å². The zero-order chi connectivity index (χ0) is 28.3. The average Bonchev–Trinajstić information content (AvgIpc) is 3.31. The molecule has 0 radical (unpaired) electrons. The molecule has 0 unspecified atom stereocenters. The largest absolute Gasteiger partial charge is 0.492 e. The van der Waals surface area contributed by atoms with Crippen molar-refractivity contribution in [1.82, 2.24) is 9.29 Å². The van der Waals surface area contributed by atoms with E-state index in [0.717, 1.165) is 22.0 Å². The van der Waals surface area contributed by atoms with Gasteiger partial charge in [0.05, 0.1) is 11.4 Å². The molecule has 1 heterocycles. The van der Waals surface area contributed by atoms with Crippen molar-refractivity contribution in [3.63, 3.8) is 0 Å². The van der Waals surface area contributed by atoms with E-state index in [9.17, 15) is 13.2 Å². The van der Waals surface area contributed by atoms with Crippen molar-refractivity contribution in [2.45, 2.75) is 25.3 Å². The van der Waals surface area contributed by atoms with Crippen LogP contribution < -0.4 is 14.2 Å². The second-order valence-electron chi connectivity index (χ2n) is 9.28. The van der Waals surface area contributed by atoms with Crippen LogP contribution in [0.15, 0.2) is 102 Å². The van der Waals surface area contributed by atoms with E-state index in [1.54, 1.807) is 34.9 Å². The number of rotatable bonds is 9. The highest BCUT2D eigenvalue weighted by Gasteiger charge is 2.23. The number of fused-ring (bicyclic) bond motifs is 1. The van der Waals surface area contributed by atoms with Crippen LogP contribution in [-0.4, -0.2) is 25.5 Å². The van der Waals surface area contributed by atoms with Gasteiger partial charge in [0.15, 0.2) is 0 Å². The number of carbonyl (C=O) groups excluding carboxylic acids is 1. The summed E-state index contributed by atoms with van der Waals surface area (Å²) >= 11 is 6.26. The molecule has 7 nitrogen and oxygen atoms in total. The van der Waals surface area contributed by atoms with E-state index >= 15 is 0 Å². The number of nitrogens with zero attached hydrogens (tertiary/aromatic N) is 1. The standard InChI is InChI=1S/C31H27ClN2O5S/c1-21-18-26(19-22(2)30(21)32)38-17-16-34-28-11-7-6-8-23(28)20-29(34)31(35)33-40(36,37)27-14-12-25(13-15-27)39-24-9-4-3-5-10-24/h3-15,18-20H,16-17H2,1-2H3,(H,33,35). The molecule has 0 bridgehead atoms. The Morgan fingerprint density at radius 2 is 1.45 bits per heavy atom. The lowest BCUT2D eigenvalue weighted by molar-refractivity contribution is 0.0972. The van der Waals surface area contributed by atoms with Crippen LogP contribution in [0, 0.1) is 13.8 Å². The topological polar surface area (TPSA) is 86.6 Å². The zero-order valence-corrected chi connectivity index (χ0v) is 23.5. The average molecular weight is 575 g/mol. The van der Waals surface area contributed by atoms with Crippen molar-refractivity contribution in [2.24, 2.45) is 0 Å². The Morgan fingerprint density at radius 3 is 2.15 bits per heavy atom. The summed E-state index contributed by atoms with van der Waals surface area (Å²) in [6, 6.07) is 27.9. The molecule has 1 aromatic heterocycles. The van der Waals surface area contributed by atoms with Gasteiger partial charge in [-0.3, -0.25) is 4.79 Å². The number of nitrogens with one attached hydrogen (secondary N) is 1. The minimum Gasteiger partial charge on any atom is -0.492 e. The van der Waals surface area contributed by atoms with E-state index in [4.69, 9.17) is 21.1 Å². The van der Waals surface area contributed by atoms with Crippen molar-refractivity contribution in [1.29, 1.82) is 0 Å². The second-order valence-corrected chi connectivity index (χ2v) is 11.3. The number of amides is 1. The third-order valence-electron chi connectivity index (χ3n) is 6.38. The summed E-state index contributed by atoms with van der Waals surface area (Å²) in [6.45, 7) is 4.40. The fourth-order valence-electron chi connectivity index (χ4n) is 4.43. The smallest absolute Gasteiger partial charge is 0.281 e. The van der Waals surface area contributed by atoms with E-state index in [1.165, 1.54) is 12.1 Å². The molecule has 5 rings (SSSR count). The van der Waals surface area contributed by atoms with Crippen molar-refractivity contribution in [3.8, 4) is 17.2 Å². The normalized spacial score (nSPS) is 11.4. The van der Waals surface area contributed by atoms with Gasteiger partial charge in [0.25, 0.3) is 15.9 Å². The van der Waals surface area contributed by atoms with E-state index in [2.05, 4.69) is 4.72 Å². The first-order valence-corrected chi connectivity index (χ1v) is 14.5. The quantitative estimate of drug-likeness (QED) is 0.207. The number of carbonyl (C=O) groups is 1. The van der Waals surface area contributed by atoms with Gasteiger partial charge in [-0.25, -0.2) is 13.1 Å². The maximum atomic E-state index is 13.3.